The number of carboxylic acids is 1. The van der Waals surface area contributed by atoms with Crippen LogP contribution >= 0.6 is 11.3 Å². The Hall–Kier alpha value is -0.870. The fourth-order valence-corrected chi connectivity index (χ4v) is 2.77. The lowest BCUT2D eigenvalue weighted by atomic mass is 10.1. The molecule has 0 bridgehead atoms. The summed E-state index contributed by atoms with van der Waals surface area (Å²) in [5.74, 6) is -0.715. The van der Waals surface area contributed by atoms with E-state index in [0.717, 1.165) is 12.8 Å². The zero-order valence-electron chi connectivity index (χ0n) is 10.7. The second-order valence-electron chi connectivity index (χ2n) is 4.44. The summed E-state index contributed by atoms with van der Waals surface area (Å²) in [6, 6.07) is 4.02. The molecular weight excluding hydrogens is 234 g/mol. The molecule has 0 saturated heterocycles. The lowest BCUT2D eigenvalue weighted by Gasteiger charge is -2.30. The molecule has 0 amide bonds. The molecule has 0 radical (unpaired) electrons. The topological polar surface area (TPSA) is 40.5 Å². The van der Waals surface area contributed by atoms with Crippen LogP contribution in [0, 0.1) is 0 Å². The first-order valence-electron chi connectivity index (χ1n) is 6.03. The number of carboxylic acid groups (broad SMARTS) is 1. The van der Waals surface area contributed by atoms with Crippen molar-refractivity contribution in [2.45, 2.75) is 45.2 Å². The molecule has 4 heteroatoms. The van der Waals surface area contributed by atoms with Gasteiger partial charge >= 0.3 is 5.97 Å². The van der Waals surface area contributed by atoms with Crippen molar-refractivity contribution in [3.8, 4) is 0 Å². The van der Waals surface area contributed by atoms with Gasteiger partial charge in [0, 0.05) is 10.9 Å². The first-order valence-corrected chi connectivity index (χ1v) is 6.91. The number of aliphatic carboxylic acids is 1. The summed E-state index contributed by atoms with van der Waals surface area (Å²) in [6.07, 6.45) is 2.52. The van der Waals surface area contributed by atoms with Crippen molar-refractivity contribution in [2.24, 2.45) is 0 Å². The lowest BCUT2D eigenvalue weighted by Crippen LogP contribution is -2.44. The van der Waals surface area contributed by atoms with E-state index in [-0.39, 0.29) is 12.1 Å². The van der Waals surface area contributed by atoms with Gasteiger partial charge in [0.1, 0.15) is 6.04 Å². The molecule has 0 fully saturated rings. The summed E-state index contributed by atoms with van der Waals surface area (Å²) in [7, 11) is 1.91. The van der Waals surface area contributed by atoms with Gasteiger partial charge in [-0.3, -0.25) is 9.69 Å². The maximum Gasteiger partial charge on any atom is 0.320 e. The molecule has 1 N–H and O–H groups in total. The molecule has 3 nitrogen and oxygen atoms in total. The Morgan fingerprint density at radius 3 is 2.76 bits per heavy atom. The number of thiophene rings is 1. The summed E-state index contributed by atoms with van der Waals surface area (Å²) in [5, 5.41) is 11.3. The standard InChI is InChI=1S/C13H21NO2S/c1-4-6-12(13(15)16)14(3)10(2)9-11-7-5-8-17-11/h5,7-8,10,12H,4,6,9H2,1-3H3,(H,15,16). The van der Waals surface area contributed by atoms with E-state index in [1.165, 1.54) is 4.88 Å². The molecule has 1 heterocycles. The predicted octanol–water partition coefficient (Wildman–Crippen LogP) is 2.86. The Morgan fingerprint density at radius 1 is 1.59 bits per heavy atom. The highest BCUT2D eigenvalue weighted by Gasteiger charge is 2.25. The van der Waals surface area contributed by atoms with Gasteiger partial charge in [0.25, 0.3) is 0 Å². The van der Waals surface area contributed by atoms with E-state index in [4.69, 9.17) is 0 Å². The highest BCUT2D eigenvalue weighted by molar-refractivity contribution is 7.09. The fraction of sp³-hybridized carbons (Fsp3) is 0.615. The van der Waals surface area contributed by atoms with Crippen LogP contribution in [0.1, 0.15) is 31.6 Å². The highest BCUT2D eigenvalue weighted by atomic mass is 32.1. The zero-order valence-corrected chi connectivity index (χ0v) is 11.5. The molecule has 1 aromatic heterocycles. The quantitative estimate of drug-likeness (QED) is 0.814. The summed E-state index contributed by atoms with van der Waals surface area (Å²) < 4.78 is 0. The largest absolute Gasteiger partial charge is 0.480 e. The molecule has 2 atom stereocenters. The molecule has 0 saturated carbocycles. The third-order valence-corrected chi connectivity index (χ3v) is 4.01. The van der Waals surface area contributed by atoms with Crippen LogP contribution in [0.15, 0.2) is 17.5 Å². The SMILES string of the molecule is CCCC(C(=O)O)N(C)C(C)Cc1cccs1. The van der Waals surface area contributed by atoms with Gasteiger partial charge in [-0.15, -0.1) is 11.3 Å². The summed E-state index contributed by atoms with van der Waals surface area (Å²) in [6.45, 7) is 4.11. The molecule has 0 aromatic carbocycles. The first kappa shape index (κ1) is 14.2. The van der Waals surface area contributed by atoms with Gasteiger partial charge in [-0.2, -0.15) is 0 Å². The monoisotopic (exact) mass is 255 g/mol. The number of hydrogen-bond donors (Lipinski definition) is 1. The third kappa shape index (κ3) is 4.13. The Labute approximate surface area is 107 Å². The van der Waals surface area contributed by atoms with E-state index < -0.39 is 5.97 Å². The van der Waals surface area contributed by atoms with E-state index in [1.54, 1.807) is 11.3 Å². The second kappa shape index (κ2) is 6.77. The number of nitrogens with zero attached hydrogens (tertiary/aromatic N) is 1. The van der Waals surface area contributed by atoms with Crippen molar-refractivity contribution in [2.75, 3.05) is 7.05 Å². The summed E-state index contributed by atoms with van der Waals surface area (Å²) in [4.78, 5) is 14.5. The van der Waals surface area contributed by atoms with Crippen LogP contribution in [0.3, 0.4) is 0 Å². The number of hydrogen-bond acceptors (Lipinski definition) is 3. The van der Waals surface area contributed by atoms with Crippen LogP contribution in [0.25, 0.3) is 0 Å². The van der Waals surface area contributed by atoms with Crippen LogP contribution in [0.2, 0.25) is 0 Å². The average molecular weight is 255 g/mol. The van der Waals surface area contributed by atoms with Crippen molar-refractivity contribution >= 4 is 17.3 Å². The summed E-state index contributed by atoms with van der Waals surface area (Å²) >= 11 is 1.73. The molecule has 0 aliphatic rings. The van der Waals surface area contributed by atoms with Gasteiger partial charge in [0.2, 0.25) is 0 Å². The van der Waals surface area contributed by atoms with Crippen molar-refractivity contribution < 1.29 is 9.90 Å². The highest BCUT2D eigenvalue weighted by Crippen LogP contribution is 2.16. The minimum Gasteiger partial charge on any atom is -0.480 e. The maximum absolute atomic E-state index is 11.2. The zero-order chi connectivity index (χ0) is 12.8. The third-order valence-electron chi connectivity index (χ3n) is 3.11. The number of rotatable bonds is 7. The summed E-state index contributed by atoms with van der Waals surface area (Å²) in [5.41, 5.74) is 0. The molecule has 1 rings (SSSR count). The molecule has 2 unspecified atom stereocenters. The normalized spacial score (nSPS) is 14.8. The minimum absolute atomic E-state index is 0.251. The average Bonchev–Trinajstić information content (AvgIpc) is 2.77. The minimum atomic E-state index is -0.715. The van der Waals surface area contributed by atoms with Gasteiger partial charge in [-0.25, -0.2) is 0 Å². The fourth-order valence-electron chi connectivity index (χ4n) is 1.95. The molecule has 1 aromatic rings. The van der Waals surface area contributed by atoms with Gasteiger partial charge in [-0.1, -0.05) is 19.4 Å². The molecular formula is C13H21NO2S. The van der Waals surface area contributed by atoms with Crippen molar-refractivity contribution in [3.05, 3.63) is 22.4 Å². The number of likely N-dealkylation sites (N-methyl/N-ethyl adjacent to an activating group) is 1. The van der Waals surface area contributed by atoms with Crippen molar-refractivity contribution in [1.82, 2.24) is 4.90 Å². The Balaban J connectivity index is 2.59. The molecule has 0 spiro atoms. The molecule has 17 heavy (non-hydrogen) atoms. The van der Waals surface area contributed by atoms with E-state index in [0.29, 0.717) is 6.42 Å². The van der Waals surface area contributed by atoms with Crippen molar-refractivity contribution in [3.63, 3.8) is 0 Å². The maximum atomic E-state index is 11.2. The molecule has 0 aliphatic carbocycles. The van der Waals surface area contributed by atoms with Crippen LogP contribution in [-0.2, 0) is 11.2 Å². The molecule has 96 valence electrons. The van der Waals surface area contributed by atoms with E-state index in [1.807, 2.05) is 24.9 Å². The smallest absolute Gasteiger partial charge is 0.320 e. The second-order valence-corrected chi connectivity index (χ2v) is 5.47. The van der Waals surface area contributed by atoms with E-state index >= 15 is 0 Å². The van der Waals surface area contributed by atoms with Crippen LogP contribution < -0.4 is 0 Å². The van der Waals surface area contributed by atoms with Crippen LogP contribution in [0.5, 0.6) is 0 Å². The van der Waals surface area contributed by atoms with Gasteiger partial charge in [0.15, 0.2) is 0 Å². The van der Waals surface area contributed by atoms with Gasteiger partial charge in [0.05, 0.1) is 0 Å². The van der Waals surface area contributed by atoms with E-state index in [9.17, 15) is 9.90 Å². The predicted molar refractivity (Wildman–Crippen MR) is 71.6 cm³/mol. The Bertz CT molecular complexity index is 337. The van der Waals surface area contributed by atoms with E-state index in [2.05, 4.69) is 18.4 Å². The van der Waals surface area contributed by atoms with Crippen LogP contribution in [-0.4, -0.2) is 35.1 Å². The Kier molecular flexibility index (Phi) is 5.65. The van der Waals surface area contributed by atoms with Gasteiger partial charge < -0.3 is 5.11 Å². The molecule has 0 aliphatic heterocycles. The van der Waals surface area contributed by atoms with Crippen molar-refractivity contribution in [1.29, 1.82) is 0 Å². The first-order chi connectivity index (χ1) is 8.06. The number of carbonyl (C=O) groups is 1. The lowest BCUT2D eigenvalue weighted by molar-refractivity contribution is -0.143. The van der Waals surface area contributed by atoms with Gasteiger partial charge in [-0.05, 0) is 38.3 Å². The Morgan fingerprint density at radius 2 is 2.29 bits per heavy atom. The van der Waals surface area contributed by atoms with Crippen LogP contribution in [0.4, 0.5) is 0 Å².